The molecule has 3 heterocycles. The fourth-order valence-electron chi connectivity index (χ4n) is 4.22. The van der Waals surface area contributed by atoms with Crippen LogP contribution in [0.3, 0.4) is 0 Å². The summed E-state index contributed by atoms with van der Waals surface area (Å²) in [5, 5.41) is 2.64. The standard InChI is InChI=1S/C24H33NO9/c1-23(2)29-14-16(32-23)18-19(20-21(31-18)34-24(3,4)33-20)30-17(26)11-8-12-25-22(27)28-13-15-9-6-5-7-10-15/h5-7,9-10,16,18-21H,8,11-14H2,1-4H3,(H,25,27)/t16-,18-,19+,20-,21-/m1/s1. The molecule has 10 heteroatoms. The first kappa shape index (κ1) is 24.9. The number of alkyl carbamates (subject to hydrolysis) is 1. The van der Waals surface area contributed by atoms with E-state index in [4.69, 9.17) is 33.2 Å². The topological polar surface area (TPSA) is 111 Å². The van der Waals surface area contributed by atoms with E-state index in [1.54, 1.807) is 13.8 Å². The van der Waals surface area contributed by atoms with Gasteiger partial charge in [-0.25, -0.2) is 4.79 Å². The molecule has 0 radical (unpaired) electrons. The zero-order valence-electron chi connectivity index (χ0n) is 20.0. The van der Waals surface area contributed by atoms with Gasteiger partial charge in [-0.15, -0.1) is 0 Å². The minimum atomic E-state index is -0.846. The maximum Gasteiger partial charge on any atom is 0.407 e. The monoisotopic (exact) mass is 479 g/mol. The molecule has 3 saturated heterocycles. The van der Waals surface area contributed by atoms with Gasteiger partial charge < -0.3 is 38.5 Å². The maximum absolute atomic E-state index is 12.6. The first-order valence-electron chi connectivity index (χ1n) is 11.6. The molecule has 4 rings (SSSR count). The Morgan fingerprint density at radius 2 is 1.79 bits per heavy atom. The van der Waals surface area contributed by atoms with E-state index < -0.39 is 54.3 Å². The van der Waals surface area contributed by atoms with Crippen molar-refractivity contribution in [3.63, 3.8) is 0 Å². The number of amides is 1. The predicted molar refractivity (Wildman–Crippen MR) is 117 cm³/mol. The molecule has 0 unspecified atom stereocenters. The third-order valence-electron chi connectivity index (χ3n) is 5.73. The molecular weight excluding hydrogens is 446 g/mol. The summed E-state index contributed by atoms with van der Waals surface area (Å²) in [6.07, 6.45) is -2.97. The van der Waals surface area contributed by atoms with Gasteiger partial charge in [-0.1, -0.05) is 30.3 Å². The third kappa shape index (κ3) is 6.25. The van der Waals surface area contributed by atoms with Gasteiger partial charge in [0.05, 0.1) is 6.61 Å². The molecule has 0 aromatic heterocycles. The smallest absolute Gasteiger partial charge is 0.407 e. The van der Waals surface area contributed by atoms with Gasteiger partial charge in [0.25, 0.3) is 0 Å². The third-order valence-corrected chi connectivity index (χ3v) is 5.73. The average Bonchev–Trinajstić information content (AvgIpc) is 3.40. The summed E-state index contributed by atoms with van der Waals surface area (Å²) in [5.74, 6) is -2.02. The van der Waals surface area contributed by atoms with Crippen molar-refractivity contribution in [2.24, 2.45) is 0 Å². The van der Waals surface area contributed by atoms with Crippen LogP contribution < -0.4 is 5.32 Å². The van der Waals surface area contributed by atoms with Crippen LogP contribution in [0.5, 0.6) is 0 Å². The highest BCUT2D eigenvalue weighted by atomic mass is 16.8. The van der Waals surface area contributed by atoms with Gasteiger partial charge in [-0.2, -0.15) is 0 Å². The number of hydrogen-bond donors (Lipinski definition) is 1. The molecule has 3 fully saturated rings. The van der Waals surface area contributed by atoms with E-state index in [-0.39, 0.29) is 19.6 Å². The number of carbonyl (C=O) groups excluding carboxylic acids is 2. The average molecular weight is 480 g/mol. The van der Waals surface area contributed by atoms with E-state index in [2.05, 4.69) is 5.32 Å². The number of esters is 1. The molecule has 3 aliphatic rings. The highest BCUT2D eigenvalue weighted by Gasteiger charge is 2.59. The molecule has 0 spiro atoms. The normalized spacial score (nSPS) is 31.1. The van der Waals surface area contributed by atoms with Crippen LogP contribution in [-0.2, 0) is 44.6 Å². The number of hydrogen-bond acceptors (Lipinski definition) is 9. The largest absolute Gasteiger partial charge is 0.456 e. The molecular formula is C24H33NO9. The summed E-state index contributed by atoms with van der Waals surface area (Å²) in [5.41, 5.74) is 0.897. The summed E-state index contributed by atoms with van der Waals surface area (Å²) >= 11 is 0. The first-order chi connectivity index (χ1) is 16.1. The number of nitrogens with one attached hydrogen (secondary N) is 1. The Morgan fingerprint density at radius 3 is 2.50 bits per heavy atom. The van der Waals surface area contributed by atoms with Crippen LogP contribution >= 0.6 is 0 Å². The van der Waals surface area contributed by atoms with Crippen molar-refractivity contribution >= 4 is 12.1 Å². The minimum Gasteiger partial charge on any atom is -0.456 e. The van der Waals surface area contributed by atoms with Crippen LogP contribution in [0, 0.1) is 0 Å². The number of benzene rings is 1. The highest BCUT2D eigenvalue weighted by molar-refractivity contribution is 5.70. The quantitative estimate of drug-likeness (QED) is 0.444. The van der Waals surface area contributed by atoms with Crippen molar-refractivity contribution < 1.29 is 42.7 Å². The van der Waals surface area contributed by atoms with Crippen molar-refractivity contribution in [1.82, 2.24) is 5.32 Å². The molecule has 5 atom stereocenters. The molecule has 1 N–H and O–H groups in total. The second-order valence-electron chi connectivity index (χ2n) is 9.48. The Labute approximate surface area is 199 Å². The predicted octanol–water partition coefficient (Wildman–Crippen LogP) is 2.63. The molecule has 0 bridgehead atoms. The van der Waals surface area contributed by atoms with E-state index in [1.165, 1.54) is 0 Å². The summed E-state index contributed by atoms with van der Waals surface area (Å²) in [6.45, 7) is 7.97. The Balaban J connectivity index is 1.23. The maximum atomic E-state index is 12.6. The molecule has 1 aromatic rings. The van der Waals surface area contributed by atoms with Gasteiger partial charge in [0.2, 0.25) is 0 Å². The van der Waals surface area contributed by atoms with E-state index in [9.17, 15) is 9.59 Å². The van der Waals surface area contributed by atoms with Gasteiger partial charge in [-0.3, -0.25) is 4.79 Å². The molecule has 0 aliphatic carbocycles. The summed E-state index contributed by atoms with van der Waals surface area (Å²) in [6, 6.07) is 9.39. The Kier molecular flexibility index (Phi) is 7.44. The Hall–Kier alpha value is -2.24. The number of rotatable bonds is 8. The van der Waals surface area contributed by atoms with Gasteiger partial charge in [0.1, 0.15) is 18.8 Å². The fourth-order valence-corrected chi connectivity index (χ4v) is 4.22. The highest BCUT2D eigenvalue weighted by Crippen LogP contribution is 2.42. The molecule has 34 heavy (non-hydrogen) atoms. The summed E-state index contributed by atoms with van der Waals surface area (Å²) in [4.78, 5) is 24.4. The van der Waals surface area contributed by atoms with Gasteiger partial charge in [-0.05, 0) is 39.7 Å². The van der Waals surface area contributed by atoms with Crippen LogP contribution in [0.1, 0.15) is 46.1 Å². The molecule has 3 aliphatic heterocycles. The molecule has 188 valence electrons. The van der Waals surface area contributed by atoms with Crippen molar-refractivity contribution in [3.8, 4) is 0 Å². The van der Waals surface area contributed by atoms with Gasteiger partial charge in [0, 0.05) is 13.0 Å². The molecule has 1 aromatic carbocycles. The van der Waals surface area contributed by atoms with Crippen LogP contribution in [0.2, 0.25) is 0 Å². The van der Waals surface area contributed by atoms with E-state index in [0.717, 1.165) is 5.56 Å². The molecule has 10 nitrogen and oxygen atoms in total. The van der Waals surface area contributed by atoms with E-state index >= 15 is 0 Å². The Morgan fingerprint density at radius 1 is 1.03 bits per heavy atom. The SMILES string of the molecule is CC1(C)O[C@H]2O[C@H]([C@H]3COC(C)(C)O3)[C@H](OC(=O)CCCNC(=O)OCc3ccccc3)[C@H]2O1. The van der Waals surface area contributed by atoms with E-state index in [0.29, 0.717) is 13.0 Å². The van der Waals surface area contributed by atoms with Crippen molar-refractivity contribution in [2.75, 3.05) is 13.2 Å². The lowest BCUT2D eigenvalue weighted by Gasteiger charge is -2.28. The zero-order valence-corrected chi connectivity index (χ0v) is 20.0. The number of ether oxygens (including phenoxy) is 7. The van der Waals surface area contributed by atoms with Crippen LogP contribution in [-0.4, -0.2) is 67.5 Å². The lowest BCUT2D eigenvalue weighted by Crippen LogP contribution is -2.45. The lowest BCUT2D eigenvalue weighted by molar-refractivity contribution is -0.235. The minimum absolute atomic E-state index is 0.108. The number of carbonyl (C=O) groups is 2. The summed E-state index contributed by atoms with van der Waals surface area (Å²) < 4.78 is 40.3. The second-order valence-corrected chi connectivity index (χ2v) is 9.48. The molecule has 1 amide bonds. The fraction of sp³-hybridized carbons (Fsp3) is 0.667. The van der Waals surface area contributed by atoms with E-state index in [1.807, 2.05) is 44.2 Å². The van der Waals surface area contributed by atoms with Gasteiger partial charge in [0.15, 0.2) is 30.1 Å². The van der Waals surface area contributed by atoms with Crippen LogP contribution in [0.15, 0.2) is 30.3 Å². The number of fused-ring (bicyclic) bond motifs is 1. The Bertz CT molecular complexity index is 859. The molecule has 0 saturated carbocycles. The van der Waals surface area contributed by atoms with Crippen molar-refractivity contribution in [3.05, 3.63) is 35.9 Å². The van der Waals surface area contributed by atoms with Gasteiger partial charge >= 0.3 is 12.1 Å². The zero-order chi connectivity index (χ0) is 24.3. The van der Waals surface area contributed by atoms with Crippen LogP contribution in [0.25, 0.3) is 0 Å². The lowest BCUT2D eigenvalue weighted by atomic mass is 10.1. The first-order valence-corrected chi connectivity index (χ1v) is 11.6. The summed E-state index contributed by atoms with van der Waals surface area (Å²) in [7, 11) is 0. The van der Waals surface area contributed by atoms with Crippen molar-refractivity contribution in [1.29, 1.82) is 0 Å². The van der Waals surface area contributed by atoms with Crippen LogP contribution in [0.4, 0.5) is 4.79 Å². The second kappa shape index (κ2) is 10.2. The van der Waals surface area contributed by atoms with Crippen molar-refractivity contribution in [2.45, 2.75) is 89.4 Å².